The third kappa shape index (κ3) is 5.42. The second-order valence-electron chi connectivity index (χ2n) is 4.30. The number of anilines is 1. The molecule has 0 aliphatic rings. The zero-order chi connectivity index (χ0) is 14.3. The van der Waals surface area contributed by atoms with Gasteiger partial charge in [-0.25, -0.2) is 4.79 Å². The molecule has 0 aliphatic carbocycles. The maximum absolute atomic E-state index is 11.1. The molecular weight excluding hydrogens is 246 g/mol. The van der Waals surface area contributed by atoms with Crippen LogP contribution in [0.2, 0.25) is 0 Å². The number of carbonyl (C=O) groups is 2. The molecule has 0 saturated heterocycles. The molecule has 1 aromatic carbocycles. The van der Waals surface area contributed by atoms with Gasteiger partial charge in [-0.3, -0.25) is 4.79 Å². The summed E-state index contributed by atoms with van der Waals surface area (Å²) in [7, 11) is 0. The first-order valence-electron chi connectivity index (χ1n) is 6.30. The van der Waals surface area contributed by atoms with Gasteiger partial charge in [0, 0.05) is 18.7 Å². The van der Waals surface area contributed by atoms with E-state index >= 15 is 0 Å². The van der Waals surface area contributed by atoms with Crippen molar-refractivity contribution in [3.63, 3.8) is 0 Å². The Labute approximate surface area is 112 Å². The van der Waals surface area contributed by atoms with Crippen LogP contribution < -0.4 is 10.1 Å². The molecule has 1 aromatic rings. The van der Waals surface area contributed by atoms with Crippen molar-refractivity contribution in [2.24, 2.45) is 0 Å². The van der Waals surface area contributed by atoms with Gasteiger partial charge in [0.15, 0.2) is 6.10 Å². The Balaban J connectivity index is 2.72. The summed E-state index contributed by atoms with van der Waals surface area (Å²) in [6.07, 6.45) is 1.32. The van der Waals surface area contributed by atoms with Crippen LogP contribution in [-0.2, 0) is 9.59 Å². The Kier molecular flexibility index (Phi) is 5.85. The van der Waals surface area contributed by atoms with Crippen molar-refractivity contribution in [1.29, 1.82) is 0 Å². The summed E-state index contributed by atoms with van der Waals surface area (Å²) in [5.41, 5.74) is 0.588. The normalized spacial score (nSPS) is 11.7. The first-order chi connectivity index (χ1) is 9.02. The summed E-state index contributed by atoms with van der Waals surface area (Å²) in [5, 5.41) is 11.7. The summed E-state index contributed by atoms with van der Waals surface area (Å²) in [6, 6.07) is 6.71. The minimum atomic E-state index is -0.974. The Hall–Kier alpha value is -2.04. The zero-order valence-corrected chi connectivity index (χ0v) is 11.2. The van der Waals surface area contributed by atoms with Gasteiger partial charge in [0.2, 0.25) is 5.91 Å². The molecule has 1 rings (SSSR count). The number of ether oxygens (including phenoxy) is 1. The lowest BCUT2D eigenvalue weighted by atomic mass is 10.1. The van der Waals surface area contributed by atoms with Crippen molar-refractivity contribution < 1.29 is 19.4 Å². The topological polar surface area (TPSA) is 75.6 Å². The number of nitrogens with one attached hydrogen (secondary N) is 1. The molecule has 1 unspecified atom stereocenters. The van der Waals surface area contributed by atoms with Crippen LogP contribution in [-0.4, -0.2) is 23.1 Å². The van der Waals surface area contributed by atoms with Crippen LogP contribution in [0.3, 0.4) is 0 Å². The first-order valence-corrected chi connectivity index (χ1v) is 6.30. The molecule has 0 heterocycles. The number of unbranched alkanes of at least 4 members (excludes halogenated alkanes) is 1. The van der Waals surface area contributed by atoms with Crippen LogP contribution in [0.5, 0.6) is 5.75 Å². The molecule has 19 heavy (non-hydrogen) atoms. The van der Waals surface area contributed by atoms with Gasteiger partial charge in [0.25, 0.3) is 0 Å². The fourth-order valence-corrected chi connectivity index (χ4v) is 1.64. The van der Waals surface area contributed by atoms with Crippen molar-refractivity contribution in [2.75, 3.05) is 5.32 Å². The van der Waals surface area contributed by atoms with E-state index < -0.39 is 12.1 Å². The van der Waals surface area contributed by atoms with Crippen molar-refractivity contribution in [1.82, 2.24) is 0 Å². The highest BCUT2D eigenvalue weighted by atomic mass is 16.5. The van der Waals surface area contributed by atoms with Crippen LogP contribution in [0.25, 0.3) is 0 Å². The molecule has 1 amide bonds. The average Bonchev–Trinajstić information content (AvgIpc) is 2.33. The maximum Gasteiger partial charge on any atom is 0.344 e. The van der Waals surface area contributed by atoms with Crippen molar-refractivity contribution in [2.45, 2.75) is 39.2 Å². The SMILES string of the molecule is CCCCC(Oc1cccc(NC(C)=O)c1)C(=O)O. The van der Waals surface area contributed by atoms with Crippen molar-refractivity contribution >= 4 is 17.6 Å². The van der Waals surface area contributed by atoms with E-state index in [-0.39, 0.29) is 5.91 Å². The predicted octanol–water partition coefficient (Wildman–Crippen LogP) is 2.67. The number of amides is 1. The Bertz CT molecular complexity index is 445. The molecule has 5 nitrogen and oxygen atoms in total. The van der Waals surface area contributed by atoms with E-state index in [0.717, 1.165) is 12.8 Å². The Morgan fingerprint density at radius 1 is 1.42 bits per heavy atom. The quantitative estimate of drug-likeness (QED) is 0.794. The zero-order valence-electron chi connectivity index (χ0n) is 11.2. The van der Waals surface area contributed by atoms with Crippen molar-refractivity contribution in [3.8, 4) is 5.75 Å². The van der Waals surface area contributed by atoms with E-state index in [0.29, 0.717) is 17.9 Å². The molecule has 0 saturated carbocycles. The second kappa shape index (κ2) is 7.41. The van der Waals surface area contributed by atoms with Gasteiger partial charge in [-0.15, -0.1) is 0 Å². The van der Waals surface area contributed by atoms with E-state index in [9.17, 15) is 9.59 Å². The van der Waals surface area contributed by atoms with Gasteiger partial charge < -0.3 is 15.2 Å². The number of hydrogen-bond donors (Lipinski definition) is 2. The van der Waals surface area contributed by atoms with E-state index in [2.05, 4.69) is 5.32 Å². The number of aliphatic carboxylic acids is 1. The maximum atomic E-state index is 11.1. The Morgan fingerprint density at radius 3 is 2.74 bits per heavy atom. The first kappa shape index (κ1) is 15.0. The molecule has 0 aliphatic heterocycles. The molecule has 0 spiro atoms. The number of rotatable bonds is 7. The minimum Gasteiger partial charge on any atom is -0.479 e. The summed E-state index contributed by atoms with van der Waals surface area (Å²) in [5.74, 6) is -0.717. The highest BCUT2D eigenvalue weighted by Gasteiger charge is 2.18. The summed E-state index contributed by atoms with van der Waals surface area (Å²) >= 11 is 0. The molecule has 0 bridgehead atoms. The lowest BCUT2D eigenvalue weighted by molar-refractivity contribution is -0.145. The number of carbonyl (C=O) groups excluding carboxylic acids is 1. The fourth-order valence-electron chi connectivity index (χ4n) is 1.64. The molecule has 2 N–H and O–H groups in total. The monoisotopic (exact) mass is 265 g/mol. The van der Waals surface area contributed by atoms with Crippen molar-refractivity contribution in [3.05, 3.63) is 24.3 Å². The minimum absolute atomic E-state index is 0.182. The third-order valence-corrected chi connectivity index (χ3v) is 2.53. The predicted molar refractivity (Wildman–Crippen MR) is 72.3 cm³/mol. The van der Waals surface area contributed by atoms with Crippen LogP contribution in [0.15, 0.2) is 24.3 Å². The van der Waals surface area contributed by atoms with Crippen LogP contribution >= 0.6 is 0 Å². The average molecular weight is 265 g/mol. The highest BCUT2D eigenvalue weighted by molar-refractivity contribution is 5.88. The second-order valence-corrected chi connectivity index (χ2v) is 4.30. The lowest BCUT2D eigenvalue weighted by Gasteiger charge is -2.15. The molecule has 104 valence electrons. The van der Waals surface area contributed by atoms with Gasteiger partial charge in [0.1, 0.15) is 5.75 Å². The highest BCUT2D eigenvalue weighted by Crippen LogP contribution is 2.20. The third-order valence-electron chi connectivity index (χ3n) is 2.53. The van der Waals surface area contributed by atoms with Crippen LogP contribution in [0, 0.1) is 0 Å². The number of hydrogen-bond acceptors (Lipinski definition) is 3. The Morgan fingerprint density at radius 2 is 2.16 bits per heavy atom. The number of carboxylic acid groups (broad SMARTS) is 1. The van der Waals surface area contributed by atoms with E-state index in [1.54, 1.807) is 24.3 Å². The van der Waals surface area contributed by atoms with Gasteiger partial charge >= 0.3 is 5.97 Å². The lowest BCUT2D eigenvalue weighted by Crippen LogP contribution is -2.26. The van der Waals surface area contributed by atoms with Gasteiger partial charge in [-0.1, -0.05) is 19.4 Å². The molecular formula is C14H19NO4. The largest absolute Gasteiger partial charge is 0.479 e. The van der Waals surface area contributed by atoms with Gasteiger partial charge in [0.05, 0.1) is 0 Å². The molecule has 5 heteroatoms. The van der Waals surface area contributed by atoms with Gasteiger partial charge in [-0.2, -0.15) is 0 Å². The number of carboxylic acids is 1. The van der Waals surface area contributed by atoms with E-state index in [1.165, 1.54) is 6.92 Å². The number of benzene rings is 1. The molecule has 0 aromatic heterocycles. The van der Waals surface area contributed by atoms with Gasteiger partial charge in [-0.05, 0) is 25.0 Å². The summed E-state index contributed by atoms with van der Waals surface area (Å²) in [6.45, 7) is 3.41. The smallest absolute Gasteiger partial charge is 0.344 e. The standard InChI is InChI=1S/C14H19NO4/c1-3-4-8-13(14(17)18)19-12-7-5-6-11(9-12)15-10(2)16/h5-7,9,13H,3-4,8H2,1-2H3,(H,15,16)(H,17,18). The van der Waals surface area contributed by atoms with Crippen LogP contribution in [0.4, 0.5) is 5.69 Å². The summed E-state index contributed by atoms with van der Waals surface area (Å²) < 4.78 is 5.45. The fraction of sp³-hybridized carbons (Fsp3) is 0.429. The van der Waals surface area contributed by atoms with E-state index in [4.69, 9.17) is 9.84 Å². The molecule has 0 fully saturated rings. The molecule has 0 radical (unpaired) electrons. The molecule has 1 atom stereocenters. The van der Waals surface area contributed by atoms with Crippen LogP contribution in [0.1, 0.15) is 33.1 Å². The van der Waals surface area contributed by atoms with E-state index in [1.807, 2.05) is 6.92 Å². The summed E-state index contributed by atoms with van der Waals surface area (Å²) in [4.78, 5) is 22.0.